The zero-order valence-electron chi connectivity index (χ0n) is 12.9. The van der Waals surface area contributed by atoms with Gasteiger partial charge in [0.15, 0.2) is 0 Å². The van der Waals surface area contributed by atoms with Gasteiger partial charge < -0.3 is 5.11 Å². The molecule has 2 saturated heterocycles. The molecule has 2 aliphatic rings. The highest BCUT2D eigenvalue weighted by atomic mass is 32.2. The van der Waals surface area contributed by atoms with Crippen LogP contribution < -0.4 is 0 Å². The number of aliphatic hydroxyl groups is 1. The first-order valence-electron chi connectivity index (χ1n) is 7.64. The maximum atomic E-state index is 12.8. The van der Waals surface area contributed by atoms with Crippen molar-refractivity contribution in [1.82, 2.24) is 8.61 Å². The van der Waals surface area contributed by atoms with Crippen LogP contribution >= 0.6 is 0 Å². The Hall–Kier alpha value is -0.170. The molecule has 2 atom stereocenters. The van der Waals surface area contributed by atoms with Gasteiger partial charge in [0.25, 0.3) is 10.2 Å². The van der Waals surface area contributed by atoms with Gasteiger partial charge >= 0.3 is 0 Å². The fourth-order valence-electron chi connectivity index (χ4n) is 3.25. The number of hydrogen-bond donors (Lipinski definition) is 1. The lowest BCUT2D eigenvalue weighted by Gasteiger charge is -2.36. The van der Waals surface area contributed by atoms with Gasteiger partial charge in [0.05, 0.1) is 6.61 Å². The van der Waals surface area contributed by atoms with Crippen molar-refractivity contribution in [3.8, 4) is 0 Å². The molecule has 0 radical (unpaired) electrons. The first-order chi connectivity index (χ1) is 9.26. The third-order valence-corrected chi connectivity index (χ3v) is 6.84. The number of nitrogens with zero attached hydrogens (tertiary/aromatic N) is 2. The molecule has 20 heavy (non-hydrogen) atoms. The highest BCUT2D eigenvalue weighted by Gasteiger charge is 2.42. The quantitative estimate of drug-likeness (QED) is 0.858. The van der Waals surface area contributed by atoms with E-state index in [4.69, 9.17) is 0 Å². The Morgan fingerprint density at radius 3 is 2.40 bits per heavy atom. The lowest BCUT2D eigenvalue weighted by atomic mass is 9.80. The number of rotatable bonds is 3. The second-order valence-corrected chi connectivity index (χ2v) is 9.04. The topological polar surface area (TPSA) is 60.9 Å². The van der Waals surface area contributed by atoms with Crippen LogP contribution in [0.2, 0.25) is 0 Å². The first-order valence-corrected chi connectivity index (χ1v) is 9.04. The summed E-state index contributed by atoms with van der Waals surface area (Å²) >= 11 is 0. The molecule has 0 spiro atoms. The lowest BCUT2D eigenvalue weighted by molar-refractivity contribution is 0.148. The van der Waals surface area contributed by atoms with E-state index in [9.17, 15) is 13.5 Å². The van der Waals surface area contributed by atoms with Crippen LogP contribution in [0.5, 0.6) is 0 Å². The monoisotopic (exact) mass is 304 g/mol. The van der Waals surface area contributed by atoms with Crippen molar-refractivity contribution in [3.05, 3.63) is 0 Å². The molecule has 6 heteroatoms. The number of piperidine rings is 1. The van der Waals surface area contributed by atoms with Gasteiger partial charge in [-0.15, -0.1) is 0 Å². The largest absolute Gasteiger partial charge is 0.395 e. The molecule has 2 aliphatic heterocycles. The average molecular weight is 304 g/mol. The molecule has 0 amide bonds. The Balaban J connectivity index is 2.11. The summed E-state index contributed by atoms with van der Waals surface area (Å²) in [5.74, 6) is 0.412. The van der Waals surface area contributed by atoms with Gasteiger partial charge in [0, 0.05) is 25.7 Å². The van der Waals surface area contributed by atoms with Crippen molar-refractivity contribution >= 4 is 10.2 Å². The van der Waals surface area contributed by atoms with Crippen molar-refractivity contribution in [2.75, 3.05) is 26.2 Å². The fraction of sp³-hybridized carbons (Fsp3) is 1.00. The smallest absolute Gasteiger partial charge is 0.282 e. The van der Waals surface area contributed by atoms with E-state index in [1.807, 2.05) is 0 Å². The molecule has 1 N–H and O–H groups in total. The average Bonchev–Trinajstić information content (AvgIpc) is 2.88. The first kappa shape index (κ1) is 16.2. The molecular formula is C14H28N2O3S. The summed E-state index contributed by atoms with van der Waals surface area (Å²) in [6, 6.07) is -0.234. The Labute approximate surface area is 123 Å². The zero-order chi connectivity index (χ0) is 15.0. The second kappa shape index (κ2) is 5.91. The van der Waals surface area contributed by atoms with Gasteiger partial charge in [-0.1, -0.05) is 27.2 Å². The van der Waals surface area contributed by atoms with Crippen molar-refractivity contribution < 1.29 is 13.5 Å². The Bertz CT molecular complexity index is 430. The summed E-state index contributed by atoms with van der Waals surface area (Å²) in [7, 11) is -3.41. The molecule has 0 aromatic carbocycles. The van der Waals surface area contributed by atoms with Crippen LogP contribution in [0.3, 0.4) is 0 Å². The fourth-order valence-corrected chi connectivity index (χ4v) is 5.16. The Morgan fingerprint density at radius 2 is 1.85 bits per heavy atom. The van der Waals surface area contributed by atoms with E-state index >= 15 is 0 Å². The molecule has 0 aromatic heterocycles. The van der Waals surface area contributed by atoms with Crippen LogP contribution in [0, 0.1) is 11.3 Å². The van der Waals surface area contributed by atoms with Crippen molar-refractivity contribution in [2.45, 2.75) is 52.5 Å². The second-order valence-electron chi connectivity index (χ2n) is 7.16. The van der Waals surface area contributed by atoms with E-state index in [0.29, 0.717) is 25.6 Å². The van der Waals surface area contributed by atoms with Gasteiger partial charge in [0.1, 0.15) is 0 Å². The van der Waals surface area contributed by atoms with Crippen LogP contribution in [0.4, 0.5) is 0 Å². The van der Waals surface area contributed by atoms with Crippen LogP contribution in [0.15, 0.2) is 0 Å². The van der Waals surface area contributed by atoms with Gasteiger partial charge in [-0.25, -0.2) is 0 Å². The normalized spacial score (nSPS) is 30.8. The number of hydrogen-bond acceptors (Lipinski definition) is 3. The highest BCUT2D eigenvalue weighted by molar-refractivity contribution is 7.86. The molecule has 2 fully saturated rings. The molecule has 2 heterocycles. The SMILES string of the molecule is CC(C)(C)C1CCN(S(=O)(=O)N2CCCCC2CO)C1. The molecule has 0 saturated carbocycles. The van der Waals surface area contributed by atoms with Crippen LogP contribution in [0.1, 0.15) is 46.5 Å². The Morgan fingerprint density at radius 1 is 1.15 bits per heavy atom. The van der Waals surface area contributed by atoms with Crippen molar-refractivity contribution in [3.63, 3.8) is 0 Å². The standard InChI is InChI=1S/C14H28N2O3S/c1-14(2,3)12-7-9-15(10-12)20(18,19)16-8-5-4-6-13(16)11-17/h12-13,17H,4-11H2,1-3H3. The zero-order valence-corrected chi connectivity index (χ0v) is 13.7. The van der Waals surface area contributed by atoms with Crippen LogP contribution in [-0.4, -0.2) is 54.4 Å². The van der Waals surface area contributed by atoms with Crippen LogP contribution in [-0.2, 0) is 10.2 Å². The van der Waals surface area contributed by atoms with Gasteiger partial charge in [0.2, 0.25) is 0 Å². The van der Waals surface area contributed by atoms with Crippen molar-refractivity contribution in [1.29, 1.82) is 0 Å². The molecule has 2 rings (SSSR count). The summed E-state index contributed by atoms with van der Waals surface area (Å²) in [6.07, 6.45) is 3.60. The third-order valence-electron chi connectivity index (χ3n) is 4.78. The minimum Gasteiger partial charge on any atom is -0.395 e. The number of aliphatic hydroxyl groups excluding tert-OH is 1. The summed E-state index contributed by atoms with van der Waals surface area (Å²) in [5, 5.41) is 9.42. The maximum Gasteiger partial charge on any atom is 0.282 e. The predicted molar refractivity (Wildman–Crippen MR) is 79.5 cm³/mol. The summed E-state index contributed by atoms with van der Waals surface area (Å²) in [5.41, 5.74) is 0.141. The van der Waals surface area contributed by atoms with Crippen molar-refractivity contribution in [2.24, 2.45) is 11.3 Å². The van der Waals surface area contributed by atoms with E-state index in [0.717, 1.165) is 25.7 Å². The summed E-state index contributed by atoms with van der Waals surface area (Å²) in [4.78, 5) is 0. The van der Waals surface area contributed by atoms with E-state index in [1.165, 1.54) is 4.31 Å². The van der Waals surface area contributed by atoms with E-state index in [-0.39, 0.29) is 18.1 Å². The van der Waals surface area contributed by atoms with Gasteiger partial charge in [-0.3, -0.25) is 0 Å². The highest BCUT2D eigenvalue weighted by Crippen LogP contribution is 2.36. The lowest BCUT2D eigenvalue weighted by Crippen LogP contribution is -2.51. The maximum absolute atomic E-state index is 12.8. The minimum atomic E-state index is -3.41. The predicted octanol–water partition coefficient (Wildman–Crippen LogP) is 1.45. The molecule has 118 valence electrons. The van der Waals surface area contributed by atoms with Gasteiger partial charge in [-0.2, -0.15) is 17.0 Å². The molecule has 0 aliphatic carbocycles. The molecule has 5 nitrogen and oxygen atoms in total. The van der Waals surface area contributed by atoms with E-state index in [1.54, 1.807) is 4.31 Å². The molecular weight excluding hydrogens is 276 g/mol. The van der Waals surface area contributed by atoms with Gasteiger partial charge in [-0.05, 0) is 30.6 Å². The Kier molecular flexibility index (Phi) is 4.79. The van der Waals surface area contributed by atoms with E-state index < -0.39 is 10.2 Å². The molecule has 0 aromatic rings. The van der Waals surface area contributed by atoms with Crippen LogP contribution in [0.25, 0.3) is 0 Å². The summed E-state index contributed by atoms with van der Waals surface area (Å²) < 4.78 is 28.7. The summed E-state index contributed by atoms with van der Waals surface area (Å²) in [6.45, 7) is 8.21. The molecule has 0 bridgehead atoms. The molecule has 2 unspecified atom stereocenters. The third kappa shape index (κ3) is 3.18. The minimum absolute atomic E-state index is 0.0736. The van der Waals surface area contributed by atoms with E-state index in [2.05, 4.69) is 20.8 Å².